The van der Waals surface area contributed by atoms with Gasteiger partial charge >= 0.3 is 6.03 Å². The number of nitrogens with zero attached hydrogens (tertiary/aromatic N) is 1. The van der Waals surface area contributed by atoms with E-state index in [0.29, 0.717) is 24.6 Å². The van der Waals surface area contributed by atoms with Gasteiger partial charge in [0.25, 0.3) is 0 Å². The Hall–Kier alpha value is -2.11. The summed E-state index contributed by atoms with van der Waals surface area (Å²) in [6.07, 6.45) is 5.45. The molecule has 1 heterocycles. The van der Waals surface area contributed by atoms with Gasteiger partial charge in [0.05, 0.1) is 0 Å². The lowest BCUT2D eigenvalue weighted by atomic mass is 10.2. The standard InChI is InChI=1S/C16H26N4O2/c1-3-5-7-11-15(21)19-13-9-8-10-14(18-13)20-16(22)17-12-6-4-2/h8-10H,3-7,11-12H2,1-2H3,(H3,17,18,19,20,21,22). The Morgan fingerprint density at radius 1 is 1.00 bits per heavy atom. The van der Waals surface area contributed by atoms with E-state index in [-0.39, 0.29) is 11.9 Å². The molecule has 0 aliphatic carbocycles. The summed E-state index contributed by atoms with van der Waals surface area (Å²) in [7, 11) is 0. The molecule has 0 radical (unpaired) electrons. The highest BCUT2D eigenvalue weighted by Crippen LogP contribution is 2.10. The second-order valence-corrected chi connectivity index (χ2v) is 5.15. The molecule has 6 nitrogen and oxygen atoms in total. The maximum atomic E-state index is 11.7. The van der Waals surface area contributed by atoms with Crippen molar-refractivity contribution in [2.75, 3.05) is 17.2 Å². The first-order valence-electron chi connectivity index (χ1n) is 7.97. The van der Waals surface area contributed by atoms with Gasteiger partial charge in [-0.1, -0.05) is 39.2 Å². The number of hydrogen-bond acceptors (Lipinski definition) is 3. The maximum Gasteiger partial charge on any atom is 0.320 e. The van der Waals surface area contributed by atoms with Crippen LogP contribution in [0.4, 0.5) is 16.4 Å². The molecule has 0 saturated heterocycles. The third-order valence-electron chi connectivity index (χ3n) is 3.08. The molecule has 0 aliphatic rings. The van der Waals surface area contributed by atoms with E-state index in [1.165, 1.54) is 0 Å². The van der Waals surface area contributed by atoms with Crippen LogP contribution in [0, 0.1) is 0 Å². The number of urea groups is 1. The summed E-state index contributed by atoms with van der Waals surface area (Å²) in [5, 5.41) is 8.15. The predicted molar refractivity (Wildman–Crippen MR) is 88.9 cm³/mol. The Labute approximate surface area is 132 Å². The second kappa shape index (κ2) is 10.6. The lowest BCUT2D eigenvalue weighted by Crippen LogP contribution is -2.29. The Morgan fingerprint density at radius 3 is 2.36 bits per heavy atom. The van der Waals surface area contributed by atoms with E-state index in [0.717, 1.165) is 32.1 Å². The molecule has 1 aromatic heterocycles. The molecule has 0 fully saturated rings. The molecule has 0 bridgehead atoms. The minimum atomic E-state index is -0.285. The Morgan fingerprint density at radius 2 is 1.68 bits per heavy atom. The summed E-state index contributed by atoms with van der Waals surface area (Å²) < 4.78 is 0. The number of hydrogen-bond donors (Lipinski definition) is 3. The highest BCUT2D eigenvalue weighted by atomic mass is 16.2. The van der Waals surface area contributed by atoms with E-state index in [4.69, 9.17) is 0 Å². The zero-order chi connectivity index (χ0) is 16.2. The van der Waals surface area contributed by atoms with E-state index in [2.05, 4.69) is 34.8 Å². The number of pyridine rings is 1. The van der Waals surface area contributed by atoms with E-state index >= 15 is 0 Å². The van der Waals surface area contributed by atoms with Crippen molar-refractivity contribution in [3.05, 3.63) is 18.2 Å². The predicted octanol–water partition coefficient (Wildman–Crippen LogP) is 3.52. The van der Waals surface area contributed by atoms with Crippen LogP contribution in [0.5, 0.6) is 0 Å². The van der Waals surface area contributed by atoms with Gasteiger partial charge in [-0.15, -0.1) is 0 Å². The molecule has 0 spiro atoms. The van der Waals surface area contributed by atoms with Crippen molar-refractivity contribution in [1.82, 2.24) is 10.3 Å². The molecule has 1 rings (SSSR count). The van der Waals surface area contributed by atoms with Crippen molar-refractivity contribution in [3.8, 4) is 0 Å². The summed E-state index contributed by atoms with van der Waals surface area (Å²) in [5.74, 6) is 0.818. The van der Waals surface area contributed by atoms with Gasteiger partial charge in [-0.2, -0.15) is 0 Å². The largest absolute Gasteiger partial charge is 0.338 e. The minimum absolute atomic E-state index is 0.0505. The highest BCUT2D eigenvalue weighted by Gasteiger charge is 2.06. The average Bonchev–Trinajstić information content (AvgIpc) is 2.48. The average molecular weight is 306 g/mol. The van der Waals surface area contributed by atoms with Gasteiger partial charge in [-0.05, 0) is 25.0 Å². The summed E-state index contributed by atoms with van der Waals surface area (Å²) in [6.45, 7) is 4.80. The molecule has 0 aromatic carbocycles. The topological polar surface area (TPSA) is 83.1 Å². The van der Waals surface area contributed by atoms with Crippen LogP contribution >= 0.6 is 0 Å². The number of aromatic nitrogens is 1. The van der Waals surface area contributed by atoms with Crippen LogP contribution in [-0.2, 0) is 4.79 Å². The third-order valence-corrected chi connectivity index (χ3v) is 3.08. The highest BCUT2D eigenvalue weighted by molar-refractivity contribution is 5.91. The summed E-state index contributed by atoms with van der Waals surface area (Å²) in [6, 6.07) is 4.85. The van der Waals surface area contributed by atoms with Gasteiger partial charge in [0.15, 0.2) is 0 Å². The van der Waals surface area contributed by atoms with Crippen molar-refractivity contribution < 1.29 is 9.59 Å². The SMILES string of the molecule is CCCCCC(=O)Nc1cccc(NC(=O)NCCCC)n1. The normalized spacial score (nSPS) is 10.1. The first-order chi connectivity index (χ1) is 10.7. The fourth-order valence-corrected chi connectivity index (χ4v) is 1.85. The molecular formula is C16H26N4O2. The lowest BCUT2D eigenvalue weighted by molar-refractivity contribution is -0.116. The van der Waals surface area contributed by atoms with Crippen LogP contribution < -0.4 is 16.0 Å². The molecule has 3 N–H and O–H groups in total. The molecule has 0 unspecified atom stereocenters. The van der Waals surface area contributed by atoms with Gasteiger partial charge in [0, 0.05) is 13.0 Å². The fourth-order valence-electron chi connectivity index (χ4n) is 1.85. The van der Waals surface area contributed by atoms with Gasteiger partial charge in [0.1, 0.15) is 11.6 Å². The van der Waals surface area contributed by atoms with Crippen LogP contribution in [0.3, 0.4) is 0 Å². The maximum absolute atomic E-state index is 11.7. The minimum Gasteiger partial charge on any atom is -0.338 e. The van der Waals surface area contributed by atoms with E-state index in [1.54, 1.807) is 18.2 Å². The summed E-state index contributed by atoms with van der Waals surface area (Å²) in [4.78, 5) is 27.6. The summed E-state index contributed by atoms with van der Waals surface area (Å²) >= 11 is 0. The Kier molecular flexibility index (Phi) is 8.64. The monoisotopic (exact) mass is 306 g/mol. The van der Waals surface area contributed by atoms with Gasteiger partial charge in [0.2, 0.25) is 5.91 Å². The number of anilines is 2. The van der Waals surface area contributed by atoms with Crippen LogP contribution in [0.15, 0.2) is 18.2 Å². The van der Waals surface area contributed by atoms with E-state index < -0.39 is 0 Å². The molecule has 0 aliphatic heterocycles. The fraction of sp³-hybridized carbons (Fsp3) is 0.562. The van der Waals surface area contributed by atoms with Crippen LogP contribution in [0.2, 0.25) is 0 Å². The van der Waals surface area contributed by atoms with Crippen molar-refractivity contribution in [1.29, 1.82) is 0 Å². The Bertz CT molecular complexity index is 438. The van der Waals surface area contributed by atoms with Crippen LogP contribution in [-0.4, -0.2) is 23.5 Å². The van der Waals surface area contributed by atoms with Gasteiger partial charge < -0.3 is 10.6 Å². The van der Waals surface area contributed by atoms with Gasteiger partial charge in [-0.3, -0.25) is 10.1 Å². The van der Waals surface area contributed by atoms with Gasteiger partial charge in [-0.25, -0.2) is 9.78 Å². The number of amides is 3. The molecule has 22 heavy (non-hydrogen) atoms. The first-order valence-corrected chi connectivity index (χ1v) is 7.97. The van der Waals surface area contributed by atoms with Crippen LogP contribution in [0.1, 0.15) is 52.4 Å². The zero-order valence-electron chi connectivity index (χ0n) is 13.4. The smallest absolute Gasteiger partial charge is 0.320 e. The molecule has 1 aromatic rings. The lowest BCUT2D eigenvalue weighted by Gasteiger charge is -2.08. The summed E-state index contributed by atoms with van der Waals surface area (Å²) in [5.41, 5.74) is 0. The number of rotatable bonds is 9. The van der Waals surface area contributed by atoms with Crippen molar-refractivity contribution >= 4 is 23.6 Å². The molecule has 6 heteroatoms. The van der Waals surface area contributed by atoms with Crippen molar-refractivity contribution in [2.45, 2.75) is 52.4 Å². The zero-order valence-corrected chi connectivity index (χ0v) is 13.4. The van der Waals surface area contributed by atoms with Crippen molar-refractivity contribution in [2.24, 2.45) is 0 Å². The first kappa shape index (κ1) is 17.9. The number of carbonyl (C=O) groups excluding carboxylic acids is 2. The van der Waals surface area contributed by atoms with Crippen molar-refractivity contribution in [3.63, 3.8) is 0 Å². The number of unbranched alkanes of at least 4 members (excludes halogenated alkanes) is 3. The molecule has 0 atom stereocenters. The molecule has 3 amide bonds. The number of nitrogens with one attached hydrogen (secondary N) is 3. The Balaban J connectivity index is 2.44. The molecule has 122 valence electrons. The molecule has 0 saturated carbocycles. The van der Waals surface area contributed by atoms with E-state index in [1.807, 2.05) is 0 Å². The molecular weight excluding hydrogens is 280 g/mol. The van der Waals surface area contributed by atoms with Crippen LogP contribution in [0.25, 0.3) is 0 Å². The third kappa shape index (κ3) is 7.61. The second-order valence-electron chi connectivity index (χ2n) is 5.15. The van der Waals surface area contributed by atoms with E-state index in [9.17, 15) is 9.59 Å². The number of carbonyl (C=O) groups is 2. The quantitative estimate of drug-likeness (QED) is 0.610.